The highest BCUT2D eigenvalue weighted by Gasteiger charge is 2.21. The lowest BCUT2D eigenvalue weighted by Gasteiger charge is -2.21. The highest BCUT2D eigenvalue weighted by Crippen LogP contribution is 2.19. The van der Waals surface area contributed by atoms with Crippen molar-refractivity contribution < 1.29 is 4.79 Å². The number of nitrogens with zero attached hydrogens (tertiary/aromatic N) is 3. The third kappa shape index (κ3) is 3.27. The van der Waals surface area contributed by atoms with Gasteiger partial charge in [0.15, 0.2) is 5.69 Å². The summed E-state index contributed by atoms with van der Waals surface area (Å²) >= 11 is 0. The zero-order valence-electron chi connectivity index (χ0n) is 13.8. The van der Waals surface area contributed by atoms with Gasteiger partial charge in [0.1, 0.15) is 0 Å². The van der Waals surface area contributed by atoms with Gasteiger partial charge in [0, 0.05) is 5.69 Å². The van der Waals surface area contributed by atoms with Crippen LogP contribution >= 0.6 is 0 Å². The van der Waals surface area contributed by atoms with Crippen molar-refractivity contribution in [1.29, 1.82) is 0 Å². The van der Waals surface area contributed by atoms with Crippen molar-refractivity contribution in [3.05, 3.63) is 35.4 Å². The van der Waals surface area contributed by atoms with Crippen molar-refractivity contribution in [2.45, 2.75) is 46.6 Å². The van der Waals surface area contributed by atoms with Gasteiger partial charge >= 0.3 is 0 Å². The quantitative estimate of drug-likeness (QED) is 0.912. The Morgan fingerprint density at radius 1 is 1.36 bits per heavy atom. The van der Waals surface area contributed by atoms with Gasteiger partial charge in [0.05, 0.1) is 28.8 Å². The normalized spacial score (nSPS) is 11.5. The summed E-state index contributed by atoms with van der Waals surface area (Å²) < 4.78 is 1.89. The fourth-order valence-corrected chi connectivity index (χ4v) is 2.18. The fraction of sp³-hybridized carbons (Fsp3) is 0.438. The van der Waals surface area contributed by atoms with Crippen LogP contribution in [-0.2, 0) is 12.0 Å². The van der Waals surface area contributed by atoms with Crippen molar-refractivity contribution in [3.8, 4) is 0 Å². The molecule has 3 N–H and O–H groups in total. The number of nitrogens with one attached hydrogen (secondary N) is 1. The third-order valence-corrected chi connectivity index (χ3v) is 3.40. The van der Waals surface area contributed by atoms with E-state index in [-0.39, 0.29) is 11.4 Å². The number of carbonyl (C=O) groups is 1. The lowest BCUT2D eigenvalue weighted by Crippen LogP contribution is -2.25. The molecule has 0 bridgehead atoms. The number of amides is 1. The van der Waals surface area contributed by atoms with E-state index < -0.39 is 0 Å². The van der Waals surface area contributed by atoms with Crippen LogP contribution in [0.5, 0.6) is 0 Å². The van der Waals surface area contributed by atoms with Crippen molar-refractivity contribution in [1.82, 2.24) is 14.8 Å². The molecule has 0 saturated carbocycles. The van der Waals surface area contributed by atoms with E-state index in [1.54, 1.807) is 12.3 Å². The number of hydrogen-bond acceptors (Lipinski definition) is 4. The molecule has 0 aliphatic carbocycles. The molecular formula is C16H23N5O. The van der Waals surface area contributed by atoms with Gasteiger partial charge in [-0.1, -0.05) is 6.92 Å². The molecule has 2 aromatic rings. The fourth-order valence-electron chi connectivity index (χ4n) is 2.18. The summed E-state index contributed by atoms with van der Waals surface area (Å²) in [5, 5.41) is 7.23. The van der Waals surface area contributed by atoms with Crippen molar-refractivity contribution >= 4 is 17.3 Å². The molecule has 22 heavy (non-hydrogen) atoms. The molecule has 0 atom stereocenters. The van der Waals surface area contributed by atoms with Gasteiger partial charge in [0.2, 0.25) is 0 Å². The van der Waals surface area contributed by atoms with Crippen molar-refractivity contribution in [2.24, 2.45) is 0 Å². The highest BCUT2D eigenvalue weighted by atomic mass is 16.2. The Balaban J connectivity index is 2.26. The Bertz CT molecular complexity index is 697. The maximum Gasteiger partial charge on any atom is 0.276 e. The molecule has 0 spiro atoms. The Labute approximate surface area is 130 Å². The van der Waals surface area contributed by atoms with Crippen LogP contribution in [0.4, 0.5) is 11.4 Å². The monoisotopic (exact) mass is 301 g/mol. The minimum atomic E-state index is -0.261. The number of rotatable bonds is 3. The van der Waals surface area contributed by atoms with Crippen LogP contribution in [0.3, 0.4) is 0 Å². The van der Waals surface area contributed by atoms with E-state index in [2.05, 4.69) is 36.2 Å². The number of carbonyl (C=O) groups excluding carboxylic acids is 1. The molecule has 6 nitrogen and oxygen atoms in total. The highest BCUT2D eigenvalue weighted by molar-refractivity contribution is 6.03. The Kier molecular flexibility index (Phi) is 4.21. The molecule has 118 valence electrons. The van der Waals surface area contributed by atoms with Crippen LogP contribution in [0.2, 0.25) is 0 Å². The summed E-state index contributed by atoms with van der Waals surface area (Å²) in [6, 6.07) is 3.52. The number of hydrogen-bond donors (Lipinski definition) is 2. The largest absolute Gasteiger partial charge is 0.397 e. The summed E-state index contributed by atoms with van der Waals surface area (Å²) in [6.45, 7) is 10.0. The standard InChI is InChI=1S/C16H23N5O/c1-6-12-8-14(20-21(12)16(3,4)5)15(22)19-11-7-13(17)10(2)18-9-11/h7-9H,6,17H2,1-5H3,(H,19,22). The van der Waals surface area contributed by atoms with Crippen LogP contribution < -0.4 is 11.1 Å². The van der Waals surface area contributed by atoms with E-state index in [4.69, 9.17) is 5.73 Å². The topological polar surface area (TPSA) is 85.8 Å². The van der Waals surface area contributed by atoms with Gasteiger partial charge in [-0.3, -0.25) is 14.5 Å². The molecule has 0 unspecified atom stereocenters. The average Bonchev–Trinajstić information content (AvgIpc) is 2.87. The predicted octanol–water partition coefficient (Wildman–Crippen LogP) is 2.74. The minimum Gasteiger partial charge on any atom is -0.397 e. The van der Waals surface area contributed by atoms with Crippen LogP contribution in [0, 0.1) is 6.92 Å². The number of nitrogens with two attached hydrogens (primary N) is 1. The summed E-state index contributed by atoms with van der Waals surface area (Å²) in [7, 11) is 0. The smallest absolute Gasteiger partial charge is 0.276 e. The van der Waals surface area contributed by atoms with Gasteiger partial charge in [-0.15, -0.1) is 0 Å². The molecule has 0 fully saturated rings. The molecule has 0 aliphatic heterocycles. The third-order valence-electron chi connectivity index (χ3n) is 3.40. The Hall–Kier alpha value is -2.37. The Morgan fingerprint density at radius 2 is 2.05 bits per heavy atom. The summed E-state index contributed by atoms with van der Waals surface area (Å²) in [4.78, 5) is 16.5. The second kappa shape index (κ2) is 5.79. The average molecular weight is 301 g/mol. The lowest BCUT2D eigenvalue weighted by atomic mass is 10.1. The summed E-state index contributed by atoms with van der Waals surface area (Å²) in [5.74, 6) is -0.261. The zero-order valence-corrected chi connectivity index (χ0v) is 13.8. The molecule has 0 radical (unpaired) electrons. The lowest BCUT2D eigenvalue weighted by molar-refractivity contribution is 0.102. The van der Waals surface area contributed by atoms with Gasteiger partial charge in [-0.25, -0.2) is 0 Å². The van der Waals surface area contributed by atoms with E-state index in [9.17, 15) is 4.79 Å². The molecule has 1 amide bonds. The first-order valence-electron chi connectivity index (χ1n) is 7.35. The summed E-state index contributed by atoms with van der Waals surface area (Å²) in [5.41, 5.74) is 8.92. The first-order chi connectivity index (χ1) is 10.2. The van der Waals surface area contributed by atoms with E-state index >= 15 is 0 Å². The zero-order chi connectivity index (χ0) is 16.5. The first kappa shape index (κ1) is 16.0. The van der Waals surface area contributed by atoms with Crippen molar-refractivity contribution in [3.63, 3.8) is 0 Å². The van der Waals surface area contributed by atoms with Gasteiger partial charge in [-0.05, 0) is 46.2 Å². The van der Waals surface area contributed by atoms with Gasteiger partial charge in [-0.2, -0.15) is 5.10 Å². The Morgan fingerprint density at radius 3 is 2.55 bits per heavy atom. The number of pyridine rings is 1. The maximum atomic E-state index is 12.4. The first-order valence-corrected chi connectivity index (χ1v) is 7.35. The number of anilines is 2. The molecule has 2 aromatic heterocycles. The number of aryl methyl sites for hydroxylation is 2. The molecule has 0 aliphatic rings. The van der Waals surface area contributed by atoms with Crippen molar-refractivity contribution in [2.75, 3.05) is 11.1 Å². The maximum absolute atomic E-state index is 12.4. The van der Waals surface area contributed by atoms with E-state index in [0.29, 0.717) is 17.1 Å². The second-order valence-electron chi connectivity index (χ2n) is 6.31. The molecule has 2 rings (SSSR count). The molecule has 6 heteroatoms. The molecule has 0 aromatic carbocycles. The van der Waals surface area contributed by atoms with E-state index in [1.165, 1.54) is 0 Å². The van der Waals surface area contributed by atoms with Crippen LogP contribution in [0.1, 0.15) is 49.6 Å². The molecule has 0 saturated heterocycles. The van der Waals surface area contributed by atoms with Crippen LogP contribution in [0.25, 0.3) is 0 Å². The minimum absolute atomic E-state index is 0.167. The second-order valence-corrected chi connectivity index (χ2v) is 6.31. The molecule has 2 heterocycles. The predicted molar refractivity (Wildman–Crippen MR) is 87.9 cm³/mol. The SMILES string of the molecule is CCc1cc(C(=O)Nc2cnc(C)c(N)c2)nn1C(C)(C)C. The van der Waals surface area contributed by atoms with E-state index in [1.807, 2.05) is 24.6 Å². The summed E-state index contributed by atoms with van der Waals surface area (Å²) in [6.07, 6.45) is 2.40. The van der Waals surface area contributed by atoms with Gasteiger partial charge in [0.25, 0.3) is 5.91 Å². The van der Waals surface area contributed by atoms with Crippen LogP contribution in [-0.4, -0.2) is 20.7 Å². The van der Waals surface area contributed by atoms with E-state index in [0.717, 1.165) is 17.8 Å². The molecular weight excluding hydrogens is 278 g/mol. The number of aromatic nitrogens is 3. The van der Waals surface area contributed by atoms with Crippen LogP contribution in [0.15, 0.2) is 18.3 Å². The number of nitrogen functional groups attached to an aromatic ring is 1. The van der Waals surface area contributed by atoms with Gasteiger partial charge < -0.3 is 11.1 Å².